The predicted octanol–water partition coefficient (Wildman–Crippen LogP) is 16.2. The van der Waals surface area contributed by atoms with Crippen LogP contribution in [-0.4, -0.2) is 24.3 Å². The molecule has 0 unspecified atom stereocenters. The molecule has 4 heteroatoms. The number of aromatic carboxylic acids is 1. The molecule has 0 saturated heterocycles. The van der Waals surface area contributed by atoms with Crippen LogP contribution in [-0.2, 0) is 0 Å². The maximum Gasteiger partial charge on any atom is 0.339 e. The van der Waals surface area contributed by atoms with Gasteiger partial charge in [0.25, 0.3) is 0 Å². The Kier molecular flexibility index (Phi) is 35.3. The molecule has 0 saturated carbocycles. The average Bonchev–Trinajstić information content (AvgIpc) is 3.13. The Bertz CT molecular complexity index is 868. The third-order valence-electron chi connectivity index (χ3n) is 10.7. The number of ether oxygens (including phenoxy) is 2. The average molecular weight is 715 g/mol. The van der Waals surface area contributed by atoms with Crippen molar-refractivity contribution in [3.63, 3.8) is 0 Å². The Labute approximate surface area is 318 Å². The minimum atomic E-state index is -0.957. The van der Waals surface area contributed by atoms with E-state index in [2.05, 4.69) is 13.8 Å². The van der Waals surface area contributed by atoms with E-state index in [4.69, 9.17) is 9.47 Å². The van der Waals surface area contributed by atoms with Crippen molar-refractivity contribution in [2.75, 3.05) is 13.2 Å². The van der Waals surface area contributed by atoms with Gasteiger partial charge in [0, 0.05) is 0 Å². The summed E-state index contributed by atoms with van der Waals surface area (Å²) >= 11 is 0. The Morgan fingerprint density at radius 1 is 0.412 bits per heavy atom. The largest absolute Gasteiger partial charge is 0.490 e. The highest BCUT2D eigenvalue weighted by atomic mass is 16.5. The first-order valence-electron chi connectivity index (χ1n) is 22.8. The molecular formula is C47H86O4. The first-order chi connectivity index (χ1) is 25.2. The molecule has 1 aromatic rings. The molecule has 51 heavy (non-hydrogen) atoms. The quantitative estimate of drug-likeness (QED) is 0.0686. The van der Waals surface area contributed by atoms with Gasteiger partial charge in [-0.1, -0.05) is 238 Å². The molecule has 0 heterocycles. The fraction of sp³-hybridized carbons (Fsp3) is 0.851. The zero-order valence-electron chi connectivity index (χ0n) is 34.3. The van der Waals surface area contributed by atoms with Crippen molar-refractivity contribution in [1.29, 1.82) is 0 Å². The Morgan fingerprint density at radius 3 is 0.980 bits per heavy atom. The van der Waals surface area contributed by atoms with Gasteiger partial charge in [0.05, 0.1) is 13.2 Å². The molecular weight excluding hydrogens is 629 g/mol. The van der Waals surface area contributed by atoms with Crippen LogP contribution in [0.15, 0.2) is 18.2 Å². The molecule has 0 aliphatic carbocycles. The second-order valence-corrected chi connectivity index (χ2v) is 15.7. The zero-order chi connectivity index (χ0) is 36.7. The fourth-order valence-electron chi connectivity index (χ4n) is 7.31. The van der Waals surface area contributed by atoms with Crippen LogP contribution < -0.4 is 9.47 Å². The summed E-state index contributed by atoms with van der Waals surface area (Å²) in [7, 11) is 0. The maximum absolute atomic E-state index is 11.9. The summed E-state index contributed by atoms with van der Waals surface area (Å²) in [6, 6.07) is 5.24. The normalized spacial score (nSPS) is 11.3. The molecule has 1 N–H and O–H groups in total. The Balaban J connectivity index is 2.01. The van der Waals surface area contributed by atoms with Crippen molar-refractivity contribution in [2.24, 2.45) is 0 Å². The fourth-order valence-corrected chi connectivity index (χ4v) is 7.31. The van der Waals surface area contributed by atoms with Crippen molar-refractivity contribution in [3.8, 4) is 11.5 Å². The monoisotopic (exact) mass is 715 g/mol. The number of para-hydroxylation sites is 1. The maximum atomic E-state index is 11.9. The van der Waals surface area contributed by atoms with Crippen molar-refractivity contribution in [1.82, 2.24) is 0 Å². The summed E-state index contributed by atoms with van der Waals surface area (Å²) in [6.07, 6.45) is 48.7. The number of carboxylic acid groups (broad SMARTS) is 1. The molecule has 0 aliphatic rings. The van der Waals surface area contributed by atoms with E-state index in [1.54, 1.807) is 12.1 Å². The van der Waals surface area contributed by atoms with Crippen LogP contribution in [0.3, 0.4) is 0 Å². The summed E-state index contributed by atoms with van der Waals surface area (Å²) in [4.78, 5) is 11.9. The van der Waals surface area contributed by atoms with Crippen LogP contribution >= 0.6 is 0 Å². The summed E-state index contributed by atoms with van der Waals surface area (Å²) in [5.41, 5.74) is 0.202. The van der Waals surface area contributed by atoms with Gasteiger partial charge in [-0.3, -0.25) is 0 Å². The lowest BCUT2D eigenvalue weighted by Crippen LogP contribution is -2.08. The minimum Gasteiger partial charge on any atom is -0.490 e. The van der Waals surface area contributed by atoms with Gasteiger partial charge in [0.1, 0.15) is 5.56 Å². The van der Waals surface area contributed by atoms with E-state index in [-0.39, 0.29) is 5.56 Å². The Morgan fingerprint density at radius 2 is 0.686 bits per heavy atom. The number of carbonyl (C=O) groups is 1. The van der Waals surface area contributed by atoms with Gasteiger partial charge in [-0.25, -0.2) is 4.79 Å². The van der Waals surface area contributed by atoms with Crippen LogP contribution in [0, 0.1) is 0 Å². The topological polar surface area (TPSA) is 55.8 Å². The van der Waals surface area contributed by atoms with Crippen molar-refractivity contribution in [3.05, 3.63) is 23.8 Å². The SMILES string of the molecule is CCCCCCCCCCCCCCCCCCCCOc1cccc(C(=O)O)c1OCCCCCCCCCCCCCCCCCCCC. The van der Waals surface area contributed by atoms with Crippen molar-refractivity contribution < 1.29 is 19.4 Å². The highest BCUT2D eigenvalue weighted by Gasteiger charge is 2.16. The number of carboxylic acids is 1. The highest BCUT2D eigenvalue weighted by molar-refractivity contribution is 5.92. The summed E-state index contributed by atoms with van der Waals surface area (Å²) < 4.78 is 12.1. The Hall–Kier alpha value is -1.71. The third kappa shape index (κ3) is 30.5. The zero-order valence-corrected chi connectivity index (χ0v) is 34.3. The van der Waals surface area contributed by atoms with Gasteiger partial charge in [-0.2, -0.15) is 0 Å². The smallest absolute Gasteiger partial charge is 0.339 e. The number of hydrogen-bond acceptors (Lipinski definition) is 3. The molecule has 0 bridgehead atoms. The number of rotatable bonds is 41. The molecule has 1 aromatic carbocycles. The van der Waals surface area contributed by atoms with E-state index in [1.807, 2.05) is 6.07 Å². The molecule has 298 valence electrons. The number of benzene rings is 1. The van der Waals surface area contributed by atoms with Crippen LogP contribution in [0.1, 0.15) is 255 Å². The molecule has 1 rings (SSSR count). The lowest BCUT2D eigenvalue weighted by atomic mass is 10.0. The number of hydrogen-bond donors (Lipinski definition) is 1. The molecule has 0 radical (unpaired) electrons. The standard InChI is InChI=1S/C47H86O4/c1-3-5-7-9-11-13-15-17-19-21-23-25-27-29-31-33-35-37-42-50-45-41-39-40-44(47(48)49)46(45)51-43-38-36-34-32-30-28-26-24-22-20-18-16-14-12-10-8-6-4-2/h39-41H,3-38,42-43H2,1-2H3,(H,48,49). The van der Waals surface area contributed by atoms with E-state index in [0.717, 1.165) is 25.7 Å². The van der Waals surface area contributed by atoms with E-state index in [1.165, 1.54) is 205 Å². The molecule has 0 atom stereocenters. The van der Waals surface area contributed by atoms with Gasteiger partial charge < -0.3 is 14.6 Å². The van der Waals surface area contributed by atoms with Crippen LogP contribution in [0.2, 0.25) is 0 Å². The first-order valence-corrected chi connectivity index (χ1v) is 22.8. The first kappa shape index (κ1) is 47.3. The number of unbranched alkanes of at least 4 members (excludes halogenated alkanes) is 34. The van der Waals surface area contributed by atoms with Crippen molar-refractivity contribution in [2.45, 2.75) is 245 Å². The van der Waals surface area contributed by atoms with E-state index in [9.17, 15) is 9.90 Å². The predicted molar refractivity (Wildman–Crippen MR) is 222 cm³/mol. The summed E-state index contributed by atoms with van der Waals surface area (Å²) in [5, 5.41) is 9.75. The molecule has 0 aromatic heterocycles. The van der Waals surface area contributed by atoms with E-state index >= 15 is 0 Å². The molecule has 0 aliphatic heterocycles. The molecule has 0 amide bonds. The van der Waals surface area contributed by atoms with Gasteiger partial charge in [-0.15, -0.1) is 0 Å². The van der Waals surface area contributed by atoms with Crippen LogP contribution in [0.5, 0.6) is 11.5 Å². The molecule has 4 nitrogen and oxygen atoms in total. The lowest BCUT2D eigenvalue weighted by Gasteiger charge is -2.15. The van der Waals surface area contributed by atoms with Crippen LogP contribution in [0.4, 0.5) is 0 Å². The van der Waals surface area contributed by atoms with Crippen molar-refractivity contribution >= 4 is 5.97 Å². The molecule has 0 spiro atoms. The second kappa shape index (κ2) is 38.0. The summed E-state index contributed by atoms with van der Waals surface area (Å²) in [5.74, 6) is 0.0186. The summed E-state index contributed by atoms with van der Waals surface area (Å²) in [6.45, 7) is 5.73. The van der Waals surface area contributed by atoms with Gasteiger partial charge in [0.2, 0.25) is 0 Å². The van der Waals surface area contributed by atoms with E-state index in [0.29, 0.717) is 24.7 Å². The van der Waals surface area contributed by atoms with Gasteiger partial charge in [-0.05, 0) is 25.0 Å². The lowest BCUT2D eigenvalue weighted by molar-refractivity contribution is 0.0691. The van der Waals surface area contributed by atoms with Gasteiger partial charge in [0.15, 0.2) is 11.5 Å². The minimum absolute atomic E-state index is 0.202. The third-order valence-corrected chi connectivity index (χ3v) is 10.7. The second-order valence-electron chi connectivity index (χ2n) is 15.7. The molecule has 0 fully saturated rings. The van der Waals surface area contributed by atoms with Gasteiger partial charge >= 0.3 is 5.97 Å². The highest BCUT2D eigenvalue weighted by Crippen LogP contribution is 2.32. The van der Waals surface area contributed by atoms with E-state index < -0.39 is 5.97 Å². The van der Waals surface area contributed by atoms with Crippen LogP contribution in [0.25, 0.3) is 0 Å².